The van der Waals surface area contributed by atoms with Crippen molar-refractivity contribution < 1.29 is 9.90 Å². The molecular formula is C6H8N2O2. The van der Waals surface area contributed by atoms with Crippen LogP contribution in [0, 0.1) is 0 Å². The molecule has 10 heavy (non-hydrogen) atoms. The predicted molar refractivity (Wildman–Crippen MR) is 37.2 cm³/mol. The lowest BCUT2D eigenvalue weighted by atomic mass is 10.6. The Labute approximate surface area is 58.1 Å². The molecule has 0 aromatic carbocycles. The van der Waals surface area contributed by atoms with Crippen LogP contribution < -0.4 is 4.90 Å². The van der Waals surface area contributed by atoms with Gasteiger partial charge in [0.25, 0.3) is 0 Å². The van der Waals surface area contributed by atoms with E-state index in [1.807, 2.05) is 0 Å². The van der Waals surface area contributed by atoms with Crippen molar-refractivity contribution in [3.63, 3.8) is 0 Å². The highest BCUT2D eigenvalue weighted by Crippen LogP contribution is 2.06. The summed E-state index contributed by atoms with van der Waals surface area (Å²) in [5.41, 5.74) is 0. The van der Waals surface area contributed by atoms with Gasteiger partial charge in [0.15, 0.2) is 0 Å². The summed E-state index contributed by atoms with van der Waals surface area (Å²) in [5.74, 6) is 0.576. The smallest absolute Gasteiger partial charge is 0.412 e. The van der Waals surface area contributed by atoms with Gasteiger partial charge in [-0.1, -0.05) is 0 Å². The molecule has 4 nitrogen and oxygen atoms in total. The Morgan fingerprint density at radius 2 is 2.50 bits per heavy atom. The third-order valence-corrected chi connectivity index (χ3v) is 1.23. The highest BCUT2D eigenvalue weighted by atomic mass is 16.4. The topological polar surface area (TPSA) is 56.3 Å². The number of rotatable bonds is 1. The molecule has 54 valence electrons. The molecule has 0 aliphatic carbocycles. The Hall–Kier alpha value is -1.45. The number of amides is 1. The molecule has 0 aliphatic heterocycles. The van der Waals surface area contributed by atoms with E-state index in [1.165, 1.54) is 7.05 Å². The van der Waals surface area contributed by atoms with E-state index in [1.54, 1.807) is 18.3 Å². The molecule has 0 aliphatic rings. The van der Waals surface area contributed by atoms with Gasteiger partial charge in [-0.15, -0.1) is 0 Å². The van der Waals surface area contributed by atoms with Crippen LogP contribution in [0.5, 0.6) is 0 Å². The van der Waals surface area contributed by atoms with Gasteiger partial charge in [-0.3, -0.25) is 4.90 Å². The molecule has 1 aromatic heterocycles. The molecule has 0 fully saturated rings. The Morgan fingerprint density at radius 1 is 1.80 bits per heavy atom. The zero-order valence-corrected chi connectivity index (χ0v) is 5.53. The number of aromatic nitrogens is 1. The average Bonchev–Trinajstić information content (AvgIpc) is 2.36. The molecule has 0 saturated carbocycles. The molecule has 0 saturated heterocycles. The van der Waals surface area contributed by atoms with Crippen LogP contribution in [0.4, 0.5) is 10.6 Å². The predicted octanol–water partition coefficient (Wildman–Crippen LogP) is 1.13. The summed E-state index contributed by atoms with van der Waals surface area (Å²) in [7, 11) is 1.48. The van der Waals surface area contributed by atoms with Gasteiger partial charge in [0, 0.05) is 13.2 Å². The van der Waals surface area contributed by atoms with E-state index in [0.29, 0.717) is 5.82 Å². The minimum atomic E-state index is -0.970. The van der Waals surface area contributed by atoms with Crippen LogP contribution in [0.1, 0.15) is 0 Å². The Bertz CT molecular complexity index is 218. The summed E-state index contributed by atoms with van der Waals surface area (Å²) in [6.07, 6.45) is 0.705. The highest BCUT2D eigenvalue weighted by molar-refractivity contribution is 5.83. The monoisotopic (exact) mass is 140 g/mol. The molecule has 0 unspecified atom stereocenters. The third kappa shape index (κ3) is 1.10. The Morgan fingerprint density at radius 3 is 2.90 bits per heavy atom. The molecule has 1 rings (SSSR count). The number of anilines is 1. The van der Waals surface area contributed by atoms with Crippen LogP contribution in [0.2, 0.25) is 0 Å². The maximum atomic E-state index is 10.3. The number of nitrogens with zero attached hydrogens (tertiary/aromatic N) is 1. The Balaban J connectivity index is 2.77. The van der Waals surface area contributed by atoms with Crippen molar-refractivity contribution in [2.75, 3.05) is 11.9 Å². The van der Waals surface area contributed by atoms with E-state index < -0.39 is 6.09 Å². The summed E-state index contributed by atoms with van der Waals surface area (Å²) in [6, 6.07) is 3.43. The minimum Gasteiger partial charge on any atom is -0.465 e. The number of hydrogen-bond donors (Lipinski definition) is 2. The summed E-state index contributed by atoms with van der Waals surface area (Å²) in [4.78, 5) is 14.2. The van der Waals surface area contributed by atoms with Crippen LogP contribution in [0.15, 0.2) is 18.3 Å². The zero-order chi connectivity index (χ0) is 7.56. The third-order valence-electron chi connectivity index (χ3n) is 1.23. The molecule has 0 bridgehead atoms. The van der Waals surface area contributed by atoms with Crippen molar-refractivity contribution >= 4 is 11.9 Å². The first kappa shape index (κ1) is 6.67. The molecular weight excluding hydrogens is 132 g/mol. The van der Waals surface area contributed by atoms with Gasteiger partial charge in [-0.05, 0) is 12.1 Å². The van der Waals surface area contributed by atoms with Crippen molar-refractivity contribution in [2.24, 2.45) is 0 Å². The van der Waals surface area contributed by atoms with Crippen molar-refractivity contribution in [1.29, 1.82) is 0 Å². The fraction of sp³-hybridized carbons (Fsp3) is 0.167. The number of hydrogen-bond acceptors (Lipinski definition) is 1. The second kappa shape index (κ2) is 2.43. The van der Waals surface area contributed by atoms with E-state index >= 15 is 0 Å². The minimum absolute atomic E-state index is 0.576. The molecule has 1 heterocycles. The first-order valence-electron chi connectivity index (χ1n) is 2.82. The van der Waals surface area contributed by atoms with Crippen LogP contribution in [0.25, 0.3) is 0 Å². The largest absolute Gasteiger partial charge is 0.465 e. The van der Waals surface area contributed by atoms with Crippen LogP contribution in [-0.2, 0) is 0 Å². The summed E-state index contributed by atoms with van der Waals surface area (Å²) < 4.78 is 0. The van der Waals surface area contributed by atoms with Gasteiger partial charge in [0.1, 0.15) is 5.82 Å². The van der Waals surface area contributed by atoms with Crippen molar-refractivity contribution in [1.82, 2.24) is 4.98 Å². The van der Waals surface area contributed by atoms with Crippen molar-refractivity contribution in [3.8, 4) is 0 Å². The zero-order valence-electron chi connectivity index (χ0n) is 5.53. The lowest BCUT2D eigenvalue weighted by molar-refractivity contribution is 0.203. The number of carboxylic acid groups (broad SMARTS) is 1. The summed E-state index contributed by atoms with van der Waals surface area (Å²) in [6.45, 7) is 0. The fourth-order valence-electron chi connectivity index (χ4n) is 0.633. The van der Waals surface area contributed by atoms with Crippen molar-refractivity contribution in [3.05, 3.63) is 18.3 Å². The normalized spacial score (nSPS) is 9.30. The SMILES string of the molecule is CN(C(=O)O)c1ccc[nH]1. The van der Waals surface area contributed by atoms with E-state index in [9.17, 15) is 4.79 Å². The van der Waals surface area contributed by atoms with Crippen LogP contribution in [-0.4, -0.2) is 23.2 Å². The van der Waals surface area contributed by atoms with Gasteiger partial charge < -0.3 is 10.1 Å². The fourth-order valence-corrected chi connectivity index (χ4v) is 0.633. The molecule has 1 aromatic rings. The summed E-state index contributed by atoms with van der Waals surface area (Å²) >= 11 is 0. The van der Waals surface area contributed by atoms with E-state index in [2.05, 4.69) is 4.98 Å². The standard InChI is InChI=1S/C6H8N2O2/c1-8(6(9)10)5-3-2-4-7-5/h2-4,7H,1H3,(H,9,10). The van der Waals surface area contributed by atoms with E-state index in [4.69, 9.17) is 5.11 Å². The first-order valence-corrected chi connectivity index (χ1v) is 2.82. The maximum Gasteiger partial charge on any atom is 0.412 e. The average molecular weight is 140 g/mol. The van der Waals surface area contributed by atoms with E-state index in [0.717, 1.165) is 4.90 Å². The highest BCUT2D eigenvalue weighted by Gasteiger charge is 2.06. The van der Waals surface area contributed by atoms with E-state index in [-0.39, 0.29) is 0 Å². The molecule has 0 spiro atoms. The number of nitrogens with one attached hydrogen (secondary N) is 1. The van der Waals surface area contributed by atoms with Gasteiger partial charge in [-0.2, -0.15) is 0 Å². The van der Waals surface area contributed by atoms with Crippen LogP contribution in [0.3, 0.4) is 0 Å². The van der Waals surface area contributed by atoms with Gasteiger partial charge in [-0.25, -0.2) is 4.79 Å². The summed E-state index contributed by atoms with van der Waals surface area (Å²) in [5, 5.41) is 8.46. The van der Waals surface area contributed by atoms with Gasteiger partial charge in [0.2, 0.25) is 0 Å². The molecule has 2 N–H and O–H groups in total. The lowest BCUT2D eigenvalue weighted by Gasteiger charge is -2.08. The van der Waals surface area contributed by atoms with Gasteiger partial charge >= 0.3 is 6.09 Å². The molecule has 1 amide bonds. The molecule has 0 radical (unpaired) electrons. The van der Waals surface area contributed by atoms with Crippen LogP contribution >= 0.6 is 0 Å². The maximum absolute atomic E-state index is 10.3. The molecule has 0 atom stereocenters. The van der Waals surface area contributed by atoms with Gasteiger partial charge in [0.05, 0.1) is 0 Å². The second-order valence-electron chi connectivity index (χ2n) is 1.90. The lowest BCUT2D eigenvalue weighted by Crippen LogP contribution is -2.23. The van der Waals surface area contributed by atoms with Crippen molar-refractivity contribution in [2.45, 2.75) is 0 Å². The number of H-pyrrole nitrogens is 1. The first-order chi connectivity index (χ1) is 4.72. The Kier molecular flexibility index (Phi) is 1.62. The molecule has 4 heteroatoms. The number of aromatic amines is 1. The number of carbonyl (C=O) groups is 1. The second-order valence-corrected chi connectivity index (χ2v) is 1.90. The quantitative estimate of drug-likeness (QED) is 0.614.